The number of rotatable bonds is 1. The van der Waals surface area contributed by atoms with Crippen LogP contribution in [0.4, 0.5) is 0 Å². The van der Waals surface area contributed by atoms with Gasteiger partial charge in [-0.1, -0.05) is 0 Å². The molecule has 1 fully saturated rings. The van der Waals surface area contributed by atoms with Crippen molar-refractivity contribution in [2.75, 3.05) is 24.6 Å². The largest absolute Gasteiger partial charge is 0.276 e. The van der Waals surface area contributed by atoms with Crippen LogP contribution >= 0.6 is 0 Å². The molecule has 0 bridgehead atoms. The minimum Gasteiger partial charge on any atom is -0.260 e. The summed E-state index contributed by atoms with van der Waals surface area (Å²) in [5, 5.41) is 4.92. The molecule has 1 saturated heterocycles. The minimum atomic E-state index is -3.57. The van der Waals surface area contributed by atoms with Crippen molar-refractivity contribution in [2.24, 2.45) is 5.14 Å². The molecule has 0 saturated carbocycles. The van der Waals surface area contributed by atoms with E-state index >= 15 is 0 Å². The summed E-state index contributed by atoms with van der Waals surface area (Å²) in [5.74, 6) is 0.975. The van der Waals surface area contributed by atoms with Gasteiger partial charge in [-0.15, -0.1) is 0 Å². The van der Waals surface area contributed by atoms with Crippen molar-refractivity contribution in [3.05, 3.63) is 0 Å². The van der Waals surface area contributed by atoms with E-state index in [9.17, 15) is 12.6 Å². The molecule has 1 aliphatic heterocycles. The fraction of sp³-hybridized carbons (Fsp3) is 1.00. The summed E-state index contributed by atoms with van der Waals surface area (Å²) in [7, 11) is -4.45. The van der Waals surface area contributed by atoms with Gasteiger partial charge >= 0.3 is 0 Å². The van der Waals surface area contributed by atoms with Gasteiger partial charge in [0.2, 0.25) is 0 Å². The Morgan fingerprint density at radius 2 is 1.92 bits per heavy atom. The maximum absolute atomic E-state index is 11.0. The first-order valence-electron chi connectivity index (χ1n) is 3.63. The van der Waals surface area contributed by atoms with Gasteiger partial charge in [0.25, 0.3) is 10.2 Å². The molecule has 2 N–H and O–H groups in total. The molecule has 0 radical (unpaired) electrons. The molecule has 0 aromatic heterocycles. The third kappa shape index (κ3) is 2.81. The van der Waals surface area contributed by atoms with Crippen molar-refractivity contribution in [3.63, 3.8) is 0 Å². The van der Waals surface area contributed by atoms with E-state index in [1.807, 2.05) is 0 Å². The quantitative estimate of drug-likeness (QED) is 0.583. The van der Waals surface area contributed by atoms with E-state index in [0.29, 0.717) is 24.5 Å². The van der Waals surface area contributed by atoms with Gasteiger partial charge in [0.15, 0.2) is 0 Å². The van der Waals surface area contributed by atoms with Crippen LogP contribution in [0.2, 0.25) is 0 Å². The predicted octanol–water partition coefficient (Wildman–Crippen LogP) is -1.36. The second-order valence-electron chi connectivity index (χ2n) is 2.65. The highest BCUT2D eigenvalue weighted by Gasteiger charge is 2.20. The van der Waals surface area contributed by atoms with Gasteiger partial charge in [-0.05, 0) is 6.42 Å². The first kappa shape index (κ1) is 10.1. The van der Waals surface area contributed by atoms with Gasteiger partial charge in [0.05, 0.1) is 0 Å². The van der Waals surface area contributed by atoms with Gasteiger partial charge in [-0.25, -0.2) is 5.14 Å². The molecule has 0 spiro atoms. The third-order valence-corrected chi connectivity index (χ3v) is 4.17. The first-order chi connectivity index (χ1) is 5.50. The SMILES string of the molecule is NS(=O)(=O)N1CCCS(=O)CC1. The normalized spacial score (nSPS) is 28.2. The summed E-state index contributed by atoms with van der Waals surface area (Å²) >= 11 is 0. The standard InChI is InChI=1S/C5H12N2O3S2/c6-12(9,10)7-2-1-4-11(8)5-3-7/h1-5H2,(H2,6,9,10). The van der Waals surface area contributed by atoms with Crippen LogP contribution in [0.1, 0.15) is 6.42 Å². The fourth-order valence-corrected chi connectivity index (χ4v) is 3.00. The lowest BCUT2D eigenvalue weighted by Crippen LogP contribution is -2.38. The van der Waals surface area contributed by atoms with Crippen LogP contribution in [-0.2, 0) is 21.0 Å². The topological polar surface area (TPSA) is 80.5 Å². The Balaban J connectivity index is 2.64. The summed E-state index contributed by atoms with van der Waals surface area (Å²) in [6.07, 6.45) is 0.628. The average molecular weight is 212 g/mol. The molecule has 0 aliphatic carbocycles. The van der Waals surface area contributed by atoms with Crippen molar-refractivity contribution in [2.45, 2.75) is 6.42 Å². The molecule has 1 aliphatic rings. The van der Waals surface area contributed by atoms with Crippen LogP contribution in [0.15, 0.2) is 0 Å². The van der Waals surface area contributed by atoms with E-state index in [4.69, 9.17) is 5.14 Å². The van der Waals surface area contributed by atoms with Gasteiger partial charge in [0, 0.05) is 35.4 Å². The molecule has 7 heteroatoms. The molecule has 0 aromatic rings. The Hall–Kier alpha value is 0.0200. The highest BCUT2D eigenvalue weighted by atomic mass is 32.2. The Morgan fingerprint density at radius 3 is 2.50 bits per heavy atom. The van der Waals surface area contributed by atoms with Crippen LogP contribution in [0.25, 0.3) is 0 Å². The second kappa shape index (κ2) is 3.82. The third-order valence-electron chi connectivity index (χ3n) is 1.71. The first-order valence-corrected chi connectivity index (χ1v) is 6.62. The summed E-state index contributed by atoms with van der Waals surface area (Å²) in [6.45, 7) is 0.677. The summed E-state index contributed by atoms with van der Waals surface area (Å²) in [5.41, 5.74) is 0. The second-order valence-corrected chi connectivity index (χ2v) is 5.89. The van der Waals surface area contributed by atoms with Crippen molar-refractivity contribution < 1.29 is 12.6 Å². The number of nitrogens with zero attached hydrogens (tertiary/aromatic N) is 1. The fourth-order valence-electron chi connectivity index (χ4n) is 1.07. The lowest BCUT2D eigenvalue weighted by molar-refractivity contribution is 0.436. The van der Waals surface area contributed by atoms with E-state index in [0.717, 1.165) is 0 Å². The molecule has 0 aromatic carbocycles. The summed E-state index contributed by atoms with van der Waals surface area (Å²) in [6, 6.07) is 0. The van der Waals surface area contributed by atoms with Crippen molar-refractivity contribution in [3.8, 4) is 0 Å². The molecule has 1 unspecified atom stereocenters. The summed E-state index contributed by atoms with van der Waals surface area (Å²) < 4.78 is 33.9. The Bertz CT molecular complexity index is 274. The van der Waals surface area contributed by atoms with E-state index < -0.39 is 21.0 Å². The highest BCUT2D eigenvalue weighted by Crippen LogP contribution is 2.03. The lowest BCUT2D eigenvalue weighted by Gasteiger charge is -2.14. The van der Waals surface area contributed by atoms with E-state index in [-0.39, 0.29) is 6.54 Å². The number of nitrogens with two attached hydrogens (primary N) is 1. The lowest BCUT2D eigenvalue weighted by atomic mass is 10.5. The number of hydrogen-bond donors (Lipinski definition) is 1. The Kier molecular flexibility index (Phi) is 3.22. The Morgan fingerprint density at radius 1 is 1.25 bits per heavy atom. The van der Waals surface area contributed by atoms with Gasteiger partial charge < -0.3 is 0 Å². The monoisotopic (exact) mass is 212 g/mol. The minimum absolute atomic E-state index is 0.283. The predicted molar refractivity (Wildman–Crippen MR) is 47.2 cm³/mol. The van der Waals surface area contributed by atoms with E-state index in [1.54, 1.807) is 0 Å². The zero-order valence-corrected chi connectivity index (χ0v) is 8.23. The van der Waals surface area contributed by atoms with Crippen LogP contribution in [0.3, 0.4) is 0 Å². The molecule has 0 amide bonds. The molecular weight excluding hydrogens is 200 g/mol. The van der Waals surface area contributed by atoms with Gasteiger partial charge in [-0.2, -0.15) is 12.7 Å². The number of hydrogen-bond acceptors (Lipinski definition) is 3. The average Bonchev–Trinajstić information content (AvgIpc) is 2.11. The molecular formula is C5H12N2O3S2. The molecule has 1 atom stereocenters. The smallest absolute Gasteiger partial charge is 0.260 e. The van der Waals surface area contributed by atoms with Gasteiger partial charge in [-0.3, -0.25) is 4.21 Å². The van der Waals surface area contributed by atoms with E-state index in [2.05, 4.69) is 0 Å². The molecule has 1 rings (SSSR count). The molecule has 72 valence electrons. The zero-order chi connectivity index (χ0) is 9.19. The van der Waals surface area contributed by atoms with E-state index in [1.165, 1.54) is 4.31 Å². The molecule has 12 heavy (non-hydrogen) atoms. The Labute approximate surface area is 74.6 Å². The van der Waals surface area contributed by atoms with Crippen molar-refractivity contribution >= 4 is 21.0 Å². The summed E-state index contributed by atoms with van der Waals surface area (Å²) in [4.78, 5) is 0. The van der Waals surface area contributed by atoms with Crippen LogP contribution in [-0.4, -0.2) is 41.5 Å². The highest BCUT2D eigenvalue weighted by molar-refractivity contribution is 7.87. The van der Waals surface area contributed by atoms with Crippen LogP contribution in [0, 0.1) is 0 Å². The zero-order valence-electron chi connectivity index (χ0n) is 6.60. The van der Waals surface area contributed by atoms with Gasteiger partial charge in [0.1, 0.15) is 0 Å². The maximum Gasteiger partial charge on any atom is 0.276 e. The van der Waals surface area contributed by atoms with Crippen molar-refractivity contribution in [1.29, 1.82) is 0 Å². The maximum atomic E-state index is 11.0. The van der Waals surface area contributed by atoms with Crippen LogP contribution in [0.5, 0.6) is 0 Å². The van der Waals surface area contributed by atoms with Crippen LogP contribution < -0.4 is 5.14 Å². The molecule has 5 nitrogen and oxygen atoms in total. The molecule has 1 heterocycles. The van der Waals surface area contributed by atoms with Crippen molar-refractivity contribution in [1.82, 2.24) is 4.31 Å².